The van der Waals surface area contributed by atoms with Crippen LogP contribution < -0.4 is 20.1 Å². The van der Waals surface area contributed by atoms with Crippen molar-refractivity contribution in [3.63, 3.8) is 0 Å². The Morgan fingerprint density at radius 3 is 2.56 bits per heavy atom. The molecule has 2 N–H and O–H groups in total. The number of hydrogen-bond acceptors (Lipinski definition) is 5. The molecule has 1 aromatic rings. The fourth-order valence-electron chi connectivity index (χ4n) is 2.94. The fourth-order valence-corrected chi connectivity index (χ4v) is 2.94. The minimum absolute atomic E-state index is 0.273. The molecule has 0 radical (unpaired) electrons. The lowest BCUT2D eigenvalue weighted by atomic mass is 10.0. The van der Waals surface area contributed by atoms with E-state index in [0.29, 0.717) is 30.9 Å². The zero-order chi connectivity index (χ0) is 20.0. The van der Waals surface area contributed by atoms with E-state index in [1.165, 1.54) is 0 Å². The number of hydrogen-bond donors (Lipinski definition) is 2. The molecule has 1 aromatic carbocycles. The first kappa shape index (κ1) is 20.5. The normalized spacial score (nSPS) is 16.5. The van der Waals surface area contributed by atoms with Gasteiger partial charge in [-0.05, 0) is 36.5 Å². The Bertz CT molecular complexity index is 705. The van der Waals surface area contributed by atoms with Gasteiger partial charge in [0.05, 0.1) is 14.2 Å². The molecular formula is C19H27N3O5. The molecule has 0 saturated carbocycles. The van der Waals surface area contributed by atoms with Crippen molar-refractivity contribution in [2.75, 3.05) is 27.3 Å². The Hall–Kier alpha value is -2.77. The third-order valence-electron chi connectivity index (χ3n) is 4.30. The van der Waals surface area contributed by atoms with Gasteiger partial charge in [0.15, 0.2) is 11.5 Å². The van der Waals surface area contributed by atoms with Crippen molar-refractivity contribution in [2.45, 2.75) is 32.7 Å². The Kier molecular flexibility index (Phi) is 7.04. The van der Waals surface area contributed by atoms with Gasteiger partial charge in [-0.3, -0.25) is 14.5 Å². The molecule has 0 spiro atoms. The van der Waals surface area contributed by atoms with Crippen LogP contribution in [-0.2, 0) is 16.0 Å². The number of imide groups is 1. The number of nitrogens with one attached hydrogen (secondary N) is 2. The van der Waals surface area contributed by atoms with Crippen molar-refractivity contribution in [1.29, 1.82) is 0 Å². The van der Waals surface area contributed by atoms with Gasteiger partial charge >= 0.3 is 6.03 Å². The van der Waals surface area contributed by atoms with Gasteiger partial charge in [-0.15, -0.1) is 0 Å². The molecule has 0 aromatic heterocycles. The molecule has 8 nitrogen and oxygen atoms in total. The van der Waals surface area contributed by atoms with E-state index in [0.717, 1.165) is 10.5 Å². The van der Waals surface area contributed by atoms with E-state index in [4.69, 9.17) is 9.47 Å². The maximum absolute atomic E-state index is 12.2. The van der Waals surface area contributed by atoms with E-state index < -0.39 is 12.1 Å². The molecule has 8 heteroatoms. The average Bonchev–Trinajstić information content (AvgIpc) is 2.88. The molecule has 0 bridgehead atoms. The van der Waals surface area contributed by atoms with Crippen LogP contribution in [0.25, 0.3) is 0 Å². The number of methoxy groups -OCH3 is 2. The molecule has 1 atom stereocenters. The summed E-state index contributed by atoms with van der Waals surface area (Å²) in [4.78, 5) is 37.3. The standard InChI is InChI=1S/C19H27N3O5/c1-12(2)9-14-18(24)22(19(25)21-14)11-17(23)20-8-7-13-5-6-15(26-3)16(10-13)27-4/h5-6,10,12,14H,7-9,11H2,1-4H3,(H,20,23)(H,21,25)/t14-/m0/s1. The molecule has 1 fully saturated rings. The number of amides is 4. The van der Waals surface area contributed by atoms with Crippen LogP contribution >= 0.6 is 0 Å². The van der Waals surface area contributed by atoms with Gasteiger partial charge in [-0.1, -0.05) is 19.9 Å². The fraction of sp³-hybridized carbons (Fsp3) is 0.526. The van der Waals surface area contributed by atoms with Crippen LogP contribution in [0.4, 0.5) is 4.79 Å². The highest BCUT2D eigenvalue weighted by molar-refractivity contribution is 6.06. The van der Waals surface area contributed by atoms with Crippen molar-refractivity contribution < 1.29 is 23.9 Å². The number of urea groups is 1. The number of rotatable bonds is 9. The van der Waals surface area contributed by atoms with Gasteiger partial charge in [0.1, 0.15) is 12.6 Å². The van der Waals surface area contributed by atoms with E-state index in [9.17, 15) is 14.4 Å². The monoisotopic (exact) mass is 377 g/mol. The smallest absolute Gasteiger partial charge is 0.325 e. The van der Waals surface area contributed by atoms with E-state index >= 15 is 0 Å². The predicted octanol–water partition coefficient (Wildman–Crippen LogP) is 1.33. The highest BCUT2D eigenvalue weighted by Crippen LogP contribution is 2.27. The first-order chi connectivity index (χ1) is 12.8. The first-order valence-electron chi connectivity index (χ1n) is 8.95. The Morgan fingerprint density at radius 2 is 1.93 bits per heavy atom. The van der Waals surface area contributed by atoms with Crippen LogP contribution in [0.3, 0.4) is 0 Å². The summed E-state index contributed by atoms with van der Waals surface area (Å²) >= 11 is 0. The molecule has 148 valence electrons. The lowest BCUT2D eigenvalue weighted by Crippen LogP contribution is -2.41. The summed E-state index contributed by atoms with van der Waals surface area (Å²) in [5.41, 5.74) is 0.972. The van der Waals surface area contributed by atoms with Crippen LogP contribution in [0.1, 0.15) is 25.8 Å². The number of carbonyl (C=O) groups excluding carboxylic acids is 3. The summed E-state index contributed by atoms with van der Waals surface area (Å²) in [6.45, 7) is 4.06. The molecule has 4 amide bonds. The van der Waals surface area contributed by atoms with Crippen molar-refractivity contribution >= 4 is 17.8 Å². The van der Waals surface area contributed by atoms with Gasteiger partial charge in [0, 0.05) is 6.54 Å². The van der Waals surface area contributed by atoms with Gasteiger partial charge in [-0.2, -0.15) is 0 Å². The van der Waals surface area contributed by atoms with Crippen LogP contribution in [0.5, 0.6) is 11.5 Å². The van der Waals surface area contributed by atoms with Crippen LogP contribution in [0.2, 0.25) is 0 Å². The topological polar surface area (TPSA) is 97.0 Å². The summed E-state index contributed by atoms with van der Waals surface area (Å²) in [5, 5.41) is 5.36. The zero-order valence-corrected chi connectivity index (χ0v) is 16.2. The highest BCUT2D eigenvalue weighted by atomic mass is 16.5. The molecule has 1 heterocycles. The lowest BCUT2D eigenvalue weighted by molar-refractivity contribution is -0.132. The van der Waals surface area contributed by atoms with Crippen molar-refractivity contribution in [2.24, 2.45) is 5.92 Å². The van der Waals surface area contributed by atoms with Crippen molar-refractivity contribution in [3.05, 3.63) is 23.8 Å². The highest BCUT2D eigenvalue weighted by Gasteiger charge is 2.38. The van der Waals surface area contributed by atoms with Gasteiger partial charge < -0.3 is 20.1 Å². The number of nitrogens with zero attached hydrogens (tertiary/aromatic N) is 1. The SMILES string of the molecule is COc1ccc(CCNC(=O)CN2C(=O)N[C@@H](CC(C)C)C2=O)cc1OC. The summed E-state index contributed by atoms with van der Waals surface area (Å²) in [6.07, 6.45) is 1.14. The summed E-state index contributed by atoms with van der Waals surface area (Å²) in [7, 11) is 3.13. The van der Waals surface area contributed by atoms with Crippen molar-refractivity contribution in [1.82, 2.24) is 15.5 Å². The lowest BCUT2D eigenvalue weighted by Gasteiger charge is -2.14. The molecule has 1 aliphatic rings. The molecule has 0 aliphatic carbocycles. The van der Waals surface area contributed by atoms with Gasteiger partial charge in [0.25, 0.3) is 5.91 Å². The second-order valence-corrected chi connectivity index (χ2v) is 6.85. The van der Waals surface area contributed by atoms with E-state index in [1.54, 1.807) is 20.3 Å². The third kappa shape index (κ3) is 5.35. The van der Waals surface area contributed by atoms with Gasteiger partial charge in [0.2, 0.25) is 5.91 Å². The molecular weight excluding hydrogens is 350 g/mol. The Morgan fingerprint density at radius 1 is 1.22 bits per heavy atom. The second kappa shape index (κ2) is 9.25. The summed E-state index contributed by atoms with van der Waals surface area (Å²) < 4.78 is 10.4. The maximum atomic E-state index is 12.2. The second-order valence-electron chi connectivity index (χ2n) is 6.85. The minimum Gasteiger partial charge on any atom is -0.493 e. The Balaban J connectivity index is 1.83. The van der Waals surface area contributed by atoms with E-state index in [1.807, 2.05) is 26.0 Å². The number of benzene rings is 1. The zero-order valence-electron chi connectivity index (χ0n) is 16.2. The third-order valence-corrected chi connectivity index (χ3v) is 4.30. The first-order valence-corrected chi connectivity index (χ1v) is 8.95. The molecule has 1 aliphatic heterocycles. The molecule has 0 unspecified atom stereocenters. The largest absolute Gasteiger partial charge is 0.493 e. The molecule has 1 saturated heterocycles. The predicted molar refractivity (Wildman–Crippen MR) is 99.7 cm³/mol. The summed E-state index contributed by atoms with van der Waals surface area (Å²) in [6, 6.07) is 4.48. The maximum Gasteiger partial charge on any atom is 0.325 e. The van der Waals surface area contributed by atoms with Crippen LogP contribution in [0.15, 0.2) is 18.2 Å². The quantitative estimate of drug-likeness (QED) is 0.633. The number of carbonyl (C=O) groups is 3. The van der Waals surface area contributed by atoms with Crippen LogP contribution in [-0.4, -0.2) is 56.1 Å². The van der Waals surface area contributed by atoms with E-state index in [2.05, 4.69) is 10.6 Å². The molecule has 27 heavy (non-hydrogen) atoms. The molecule has 2 rings (SSSR count). The average molecular weight is 377 g/mol. The van der Waals surface area contributed by atoms with Crippen LogP contribution in [0, 0.1) is 5.92 Å². The number of ether oxygens (including phenoxy) is 2. The minimum atomic E-state index is -0.544. The summed E-state index contributed by atoms with van der Waals surface area (Å²) in [5.74, 6) is 0.819. The van der Waals surface area contributed by atoms with Crippen molar-refractivity contribution in [3.8, 4) is 11.5 Å². The Labute approximate surface area is 159 Å². The van der Waals surface area contributed by atoms with E-state index in [-0.39, 0.29) is 24.3 Å². The van der Waals surface area contributed by atoms with Gasteiger partial charge in [-0.25, -0.2) is 4.79 Å².